The largest absolute Gasteiger partial charge is 0.509 e. The van der Waals surface area contributed by atoms with Crippen molar-refractivity contribution in [3.05, 3.63) is 47.5 Å². The second kappa shape index (κ2) is 9.30. The summed E-state index contributed by atoms with van der Waals surface area (Å²) in [6, 6.07) is 7.62. The molecular formula is C20H23FN6O2. The third-order valence-corrected chi connectivity index (χ3v) is 4.68. The van der Waals surface area contributed by atoms with Crippen LogP contribution in [-0.2, 0) is 17.8 Å². The molecular weight excluding hydrogens is 375 g/mol. The van der Waals surface area contributed by atoms with E-state index < -0.39 is 5.82 Å². The summed E-state index contributed by atoms with van der Waals surface area (Å²) in [7, 11) is 1.64. The van der Waals surface area contributed by atoms with Crippen molar-refractivity contribution in [3.63, 3.8) is 0 Å². The number of nitrogens with zero attached hydrogens (tertiary/aromatic N) is 5. The summed E-state index contributed by atoms with van der Waals surface area (Å²) in [5.41, 5.74) is 0.412. The van der Waals surface area contributed by atoms with Crippen molar-refractivity contribution in [2.45, 2.75) is 32.2 Å². The number of rotatable bonds is 6. The van der Waals surface area contributed by atoms with Crippen molar-refractivity contribution < 1.29 is 14.3 Å². The molecule has 0 unspecified atom stereocenters. The number of aliphatic hydroxyl groups is 1. The number of anilines is 1. The van der Waals surface area contributed by atoms with E-state index in [1.54, 1.807) is 18.0 Å². The van der Waals surface area contributed by atoms with E-state index in [2.05, 4.69) is 15.5 Å². The summed E-state index contributed by atoms with van der Waals surface area (Å²) >= 11 is 0. The Morgan fingerprint density at radius 3 is 2.93 bits per heavy atom. The molecule has 152 valence electrons. The molecule has 2 heterocycles. The summed E-state index contributed by atoms with van der Waals surface area (Å²) in [6.45, 7) is 0.654. The van der Waals surface area contributed by atoms with Crippen LogP contribution in [0.15, 0.2) is 30.0 Å². The highest BCUT2D eigenvalue weighted by molar-refractivity contribution is 5.92. The molecule has 8 nitrogen and oxygen atoms in total. The number of amides is 1. The summed E-state index contributed by atoms with van der Waals surface area (Å²) in [6.07, 6.45) is 3.88. The van der Waals surface area contributed by atoms with Crippen molar-refractivity contribution in [3.8, 4) is 6.07 Å². The molecule has 0 saturated heterocycles. The molecule has 0 fully saturated rings. The fraction of sp³-hybridized carbons (Fsp3) is 0.400. The lowest BCUT2D eigenvalue weighted by Gasteiger charge is -2.16. The van der Waals surface area contributed by atoms with Crippen molar-refractivity contribution >= 4 is 17.2 Å². The maximum absolute atomic E-state index is 13.2. The van der Waals surface area contributed by atoms with Crippen LogP contribution in [0.25, 0.3) is 5.57 Å². The van der Waals surface area contributed by atoms with Crippen molar-refractivity contribution in [2.24, 2.45) is 0 Å². The Hall–Kier alpha value is -3.25. The molecule has 1 aliphatic rings. The van der Waals surface area contributed by atoms with E-state index in [0.29, 0.717) is 18.1 Å². The zero-order valence-corrected chi connectivity index (χ0v) is 16.2. The highest BCUT2D eigenvalue weighted by atomic mass is 19.1. The number of likely N-dealkylation sites (N-methyl/N-ethyl adjacent to an activating group) is 1. The Kier molecular flexibility index (Phi) is 6.57. The Morgan fingerprint density at radius 2 is 2.17 bits per heavy atom. The third kappa shape index (κ3) is 5.18. The molecule has 0 spiro atoms. The summed E-state index contributed by atoms with van der Waals surface area (Å²) < 4.78 is 15.1. The van der Waals surface area contributed by atoms with Gasteiger partial charge in [-0.15, -0.1) is 10.2 Å². The SMILES string of the molecule is CN(CC(=O)Nc1cccc(F)c1)C/C(O)=C(\C#N)c1nnc2n1CCCCC2. The quantitative estimate of drug-likeness (QED) is 0.572. The minimum atomic E-state index is -0.442. The third-order valence-electron chi connectivity index (χ3n) is 4.68. The number of aryl methyl sites for hydroxylation is 1. The van der Waals surface area contributed by atoms with E-state index in [-0.39, 0.29) is 30.3 Å². The fourth-order valence-corrected chi connectivity index (χ4v) is 3.32. The average molecular weight is 398 g/mol. The van der Waals surface area contributed by atoms with Gasteiger partial charge in [0.05, 0.1) is 13.1 Å². The maximum atomic E-state index is 13.2. The molecule has 0 radical (unpaired) electrons. The summed E-state index contributed by atoms with van der Waals surface area (Å²) in [4.78, 5) is 13.7. The van der Waals surface area contributed by atoms with Gasteiger partial charge in [-0.05, 0) is 38.1 Å². The van der Waals surface area contributed by atoms with E-state index in [1.165, 1.54) is 18.2 Å². The first-order valence-electron chi connectivity index (χ1n) is 9.46. The van der Waals surface area contributed by atoms with Gasteiger partial charge >= 0.3 is 0 Å². The molecule has 0 saturated carbocycles. The van der Waals surface area contributed by atoms with Gasteiger partial charge < -0.3 is 15.0 Å². The number of hydrogen-bond donors (Lipinski definition) is 2. The molecule has 1 amide bonds. The number of nitrogens with one attached hydrogen (secondary N) is 1. The van der Waals surface area contributed by atoms with Crippen LogP contribution in [0.2, 0.25) is 0 Å². The Balaban J connectivity index is 1.67. The molecule has 2 N–H and O–H groups in total. The molecule has 1 aromatic heterocycles. The van der Waals surface area contributed by atoms with Gasteiger partial charge in [-0.2, -0.15) is 5.26 Å². The average Bonchev–Trinajstić information content (AvgIpc) is 2.90. The molecule has 1 aromatic carbocycles. The number of carbonyl (C=O) groups excluding carboxylic acids is 1. The van der Waals surface area contributed by atoms with Gasteiger partial charge in [0.2, 0.25) is 5.91 Å². The van der Waals surface area contributed by atoms with Gasteiger partial charge in [0.25, 0.3) is 0 Å². The van der Waals surface area contributed by atoms with Crippen LogP contribution >= 0.6 is 0 Å². The van der Waals surface area contributed by atoms with Gasteiger partial charge in [0.1, 0.15) is 29.0 Å². The zero-order chi connectivity index (χ0) is 20.8. The monoisotopic (exact) mass is 398 g/mol. The van der Waals surface area contributed by atoms with E-state index >= 15 is 0 Å². The molecule has 0 aliphatic carbocycles. The number of carbonyl (C=O) groups is 1. The lowest BCUT2D eigenvalue weighted by molar-refractivity contribution is -0.117. The number of allylic oxidation sites excluding steroid dienone is 1. The van der Waals surface area contributed by atoms with Crippen molar-refractivity contribution in [1.29, 1.82) is 5.26 Å². The van der Waals surface area contributed by atoms with Crippen LogP contribution in [0.4, 0.5) is 10.1 Å². The lowest BCUT2D eigenvalue weighted by Crippen LogP contribution is -2.32. The second-order valence-electron chi connectivity index (χ2n) is 7.07. The lowest BCUT2D eigenvalue weighted by atomic mass is 10.2. The predicted molar refractivity (Wildman–Crippen MR) is 105 cm³/mol. The van der Waals surface area contributed by atoms with Crippen LogP contribution in [0.5, 0.6) is 0 Å². The number of benzene rings is 1. The first kappa shape index (κ1) is 20.5. The van der Waals surface area contributed by atoms with Crippen LogP contribution in [0.3, 0.4) is 0 Å². The van der Waals surface area contributed by atoms with Crippen molar-refractivity contribution in [2.75, 3.05) is 25.5 Å². The Labute approximate surface area is 168 Å². The molecule has 0 atom stereocenters. The number of halogens is 1. The number of fused-ring (bicyclic) bond motifs is 1. The molecule has 2 aromatic rings. The van der Waals surface area contributed by atoms with Gasteiger partial charge in [-0.25, -0.2) is 4.39 Å². The van der Waals surface area contributed by atoms with E-state index in [4.69, 9.17) is 0 Å². The number of nitriles is 1. The smallest absolute Gasteiger partial charge is 0.238 e. The number of aliphatic hydroxyl groups excluding tert-OH is 1. The Morgan fingerprint density at radius 1 is 1.34 bits per heavy atom. The number of hydrogen-bond acceptors (Lipinski definition) is 6. The van der Waals surface area contributed by atoms with Crippen molar-refractivity contribution in [1.82, 2.24) is 19.7 Å². The zero-order valence-electron chi connectivity index (χ0n) is 16.2. The van der Waals surface area contributed by atoms with E-state index in [0.717, 1.165) is 31.5 Å². The van der Waals surface area contributed by atoms with E-state index in [9.17, 15) is 19.6 Å². The molecule has 0 bridgehead atoms. The first-order valence-corrected chi connectivity index (χ1v) is 9.46. The minimum Gasteiger partial charge on any atom is -0.509 e. The Bertz CT molecular complexity index is 962. The van der Waals surface area contributed by atoms with Gasteiger partial charge in [0, 0.05) is 18.7 Å². The fourth-order valence-electron chi connectivity index (χ4n) is 3.32. The summed E-state index contributed by atoms with van der Waals surface area (Å²) in [5.74, 6) is 0.206. The highest BCUT2D eigenvalue weighted by Crippen LogP contribution is 2.21. The standard InChI is InChI=1S/C20H23FN6O2/c1-26(13-19(29)23-15-7-5-6-14(21)10-15)12-17(28)16(11-22)20-25-24-18-8-3-2-4-9-27(18)20/h5-7,10,28H,2-4,8-9,12-13H2,1H3,(H,23,29)/b17-16-. The van der Waals surface area contributed by atoms with Gasteiger partial charge in [-0.1, -0.05) is 12.5 Å². The molecule has 9 heteroatoms. The van der Waals surface area contributed by atoms with Gasteiger partial charge in [0.15, 0.2) is 5.82 Å². The molecule has 3 rings (SSSR count). The highest BCUT2D eigenvalue weighted by Gasteiger charge is 2.21. The first-order chi connectivity index (χ1) is 14.0. The second-order valence-corrected chi connectivity index (χ2v) is 7.07. The predicted octanol–water partition coefficient (Wildman–Crippen LogP) is 2.51. The maximum Gasteiger partial charge on any atom is 0.238 e. The van der Waals surface area contributed by atoms with Gasteiger partial charge in [-0.3, -0.25) is 9.69 Å². The number of aromatic nitrogens is 3. The van der Waals surface area contributed by atoms with E-state index in [1.807, 2.05) is 10.6 Å². The molecule has 1 aliphatic heterocycles. The summed E-state index contributed by atoms with van der Waals surface area (Å²) in [5, 5.41) is 30.9. The van der Waals surface area contributed by atoms with Crippen LogP contribution < -0.4 is 5.32 Å². The topological polar surface area (TPSA) is 107 Å². The molecule has 29 heavy (non-hydrogen) atoms. The normalized spacial score (nSPS) is 14.6. The minimum absolute atomic E-state index is 0.0122. The van der Waals surface area contributed by atoms with Crippen LogP contribution in [-0.4, -0.2) is 50.8 Å². The van der Waals surface area contributed by atoms with Crippen LogP contribution in [0, 0.1) is 17.1 Å². The van der Waals surface area contributed by atoms with Crippen LogP contribution in [0.1, 0.15) is 30.9 Å².